The van der Waals surface area contributed by atoms with Crippen LogP contribution in [0.4, 0.5) is 0 Å². The van der Waals surface area contributed by atoms with E-state index in [-0.39, 0.29) is 29.2 Å². The van der Waals surface area contributed by atoms with Gasteiger partial charge in [-0.05, 0) is 42.8 Å². The SMILES string of the molecule is CNC(=O)c1cc(C=O)cc(C(C)c2cccc(C)c2CC(=O)C(C)C)n1.CNC1C2COCC21. The average molecular weight is 480 g/mol. The van der Waals surface area contributed by atoms with Gasteiger partial charge in [0.05, 0.1) is 13.2 Å². The minimum Gasteiger partial charge on any atom is -0.381 e. The molecule has 2 heterocycles. The normalized spacial score (nSPS) is 20.9. The van der Waals surface area contributed by atoms with Gasteiger partial charge in [0.25, 0.3) is 5.91 Å². The molecule has 1 aliphatic heterocycles. The third-order valence-corrected chi connectivity index (χ3v) is 7.10. The van der Waals surface area contributed by atoms with Crippen molar-refractivity contribution in [2.45, 2.75) is 46.1 Å². The molecule has 0 radical (unpaired) electrons. The molecular formula is C28H37N3O4. The standard InChI is InChI=1S/C22H26N2O3.C6H11NO/c1-13(2)21(26)11-18-14(3)7-6-8-17(18)15(4)19-9-16(12-25)10-20(24-19)22(27)23-5;1-7-6-4-2-8-3-5(4)6/h6-10,12-13,15H,11H2,1-5H3,(H,23,27);4-7H,2-3H2,1H3. The highest BCUT2D eigenvalue weighted by atomic mass is 16.5. The highest BCUT2D eigenvalue weighted by molar-refractivity contribution is 5.93. The van der Waals surface area contributed by atoms with Crippen molar-refractivity contribution in [2.75, 3.05) is 27.3 Å². The summed E-state index contributed by atoms with van der Waals surface area (Å²) >= 11 is 0. The molecule has 3 atom stereocenters. The van der Waals surface area contributed by atoms with Crippen LogP contribution in [0.5, 0.6) is 0 Å². The quantitative estimate of drug-likeness (QED) is 0.564. The molecule has 1 saturated heterocycles. The Kier molecular flexibility index (Phi) is 8.92. The second kappa shape index (κ2) is 11.7. The van der Waals surface area contributed by atoms with Crippen LogP contribution >= 0.6 is 0 Å². The fourth-order valence-electron chi connectivity index (χ4n) is 4.69. The number of ketones is 1. The van der Waals surface area contributed by atoms with Gasteiger partial charge in [0.2, 0.25) is 0 Å². The number of nitrogens with one attached hydrogen (secondary N) is 2. The molecule has 1 aromatic heterocycles. The summed E-state index contributed by atoms with van der Waals surface area (Å²) in [5.41, 5.74) is 4.26. The van der Waals surface area contributed by atoms with Crippen molar-refractivity contribution in [2.24, 2.45) is 17.8 Å². The highest BCUT2D eigenvalue weighted by Crippen LogP contribution is 2.43. The van der Waals surface area contributed by atoms with E-state index in [0.29, 0.717) is 24.0 Å². The molecule has 4 rings (SSSR count). The van der Waals surface area contributed by atoms with Gasteiger partial charge >= 0.3 is 0 Å². The predicted molar refractivity (Wildman–Crippen MR) is 136 cm³/mol. The average Bonchev–Trinajstić information content (AvgIpc) is 3.31. The molecule has 35 heavy (non-hydrogen) atoms. The smallest absolute Gasteiger partial charge is 0.269 e. The molecule has 1 amide bonds. The number of fused-ring (bicyclic) bond motifs is 1. The summed E-state index contributed by atoms with van der Waals surface area (Å²) in [6.07, 6.45) is 1.07. The van der Waals surface area contributed by atoms with E-state index >= 15 is 0 Å². The maximum Gasteiger partial charge on any atom is 0.269 e. The third-order valence-electron chi connectivity index (χ3n) is 7.10. The topological polar surface area (TPSA) is 97.4 Å². The number of carbonyl (C=O) groups excluding carboxylic acids is 3. The second-order valence-electron chi connectivity index (χ2n) is 9.75. The number of Topliss-reactive ketones (excluding diaryl/α,β-unsaturated/α-hetero) is 1. The van der Waals surface area contributed by atoms with Crippen molar-refractivity contribution in [3.8, 4) is 0 Å². The number of hydrogen-bond acceptors (Lipinski definition) is 6. The summed E-state index contributed by atoms with van der Waals surface area (Å²) in [5, 5.41) is 5.80. The van der Waals surface area contributed by atoms with Gasteiger partial charge in [-0.2, -0.15) is 0 Å². The Labute approximate surface area is 208 Å². The van der Waals surface area contributed by atoms with Gasteiger partial charge in [-0.3, -0.25) is 14.4 Å². The Morgan fingerprint density at radius 2 is 1.83 bits per heavy atom. The number of rotatable bonds is 8. The van der Waals surface area contributed by atoms with Gasteiger partial charge in [0.15, 0.2) is 0 Å². The Balaban J connectivity index is 0.000000355. The predicted octanol–water partition coefficient (Wildman–Crippen LogP) is 3.33. The Hall–Kier alpha value is -2.90. The molecule has 1 aromatic carbocycles. The van der Waals surface area contributed by atoms with Gasteiger partial charge in [0, 0.05) is 54.4 Å². The lowest BCUT2D eigenvalue weighted by molar-refractivity contribution is -0.121. The maximum atomic E-state index is 12.3. The van der Waals surface area contributed by atoms with Crippen LogP contribution in [-0.2, 0) is 16.0 Å². The molecule has 188 valence electrons. The van der Waals surface area contributed by atoms with E-state index in [9.17, 15) is 14.4 Å². The number of hydrogen-bond donors (Lipinski definition) is 2. The number of pyridine rings is 1. The van der Waals surface area contributed by atoms with Crippen LogP contribution in [0.15, 0.2) is 30.3 Å². The number of amides is 1. The van der Waals surface area contributed by atoms with Crippen molar-refractivity contribution in [1.29, 1.82) is 0 Å². The summed E-state index contributed by atoms with van der Waals surface area (Å²) in [7, 11) is 3.56. The van der Waals surface area contributed by atoms with Crippen LogP contribution in [0.2, 0.25) is 0 Å². The van der Waals surface area contributed by atoms with Crippen molar-refractivity contribution in [1.82, 2.24) is 15.6 Å². The fraction of sp³-hybridized carbons (Fsp3) is 0.500. The first-order chi connectivity index (χ1) is 16.7. The Morgan fingerprint density at radius 3 is 2.37 bits per heavy atom. The highest BCUT2D eigenvalue weighted by Gasteiger charge is 2.52. The van der Waals surface area contributed by atoms with Gasteiger partial charge in [-0.15, -0.1) is 0 Å². The van der Waals surface area contributed by atoms with E-state index < -0.39 is 0 Å². The lowest BCUT2D eigenvalue weighted by Gasteiger charge is -2.19. The fourth-order valence-corrected chi connectivity index (χ4v) is 4.69. The summed E-state index contributed by atoms with van der Waals surface area (Å²) in [4.78, 5) is 40.1. The monoisotopic (exact) mass is 479 g/mol. The summed E-state index contributed by atoms with van der Waals surface area (Å²) < 4.78 is 5.20. The first kappa shape index (κ1) is 26.7. The van der Waals surface area contributed by atoms with E-state index in [1.807, 2.05) is 52.9 Å². The van der Waals surface area contributed by atoms with Crippen LogP contribution in [0.25, 0.3) is 0 Å². The molecule has 1 saturated carbocycles. The Morgan fingerprint density at radius 1 is 1.14 bits per heavy atom. The summed E-state index contributed by atoms with van der Waals surface area (Å²) in [5.74, 6) is 1.36. The molecular weight excluding hydrogens is 442 g/mol. The van der Waals surface area contributed by atoms with Gasteiger partial charge in [-0.25, -0.2) is 4.98 Å². The second-order valence-corrected chi connectivity index (χ2v) is 9.75. The minimum atomic E-state index is -0.341. The van der Waals surface area contributed by atoms with Gasteiger partial charge < -0.3 is 15.4 Å². The molecule has 7 nitrogen and oxygen atoms in total. The van der Waals surface area contributed by atoms with E-state index in [2.05, 4.69) is 15.6 Å². The molecule has 2 N–H and O–H groups in total. The molecule has 0 spiro atoms. The van der Waals surface area contributed by atoms with Crippen LogP contribution in [0, 0.1) is 24.7 Å². The van der Waals surface area contributed by atoms with Crippen LogP contribution < -0.4 is 10.6 Å². The van der Waals surface area contributed by atoms with Crippen molar-refractivity contribution < 1.29 is 19.1 Å². The molecule has 3 unspecified atom stereocenters. The zero-order valence-electron chi connectivity index (χ0n) is 21.6. The van der Waals surface area contributed by atoms with Crippen molar-refractivity contribution in [3.63, 3.8) is 0 Å². The van der Waals surface area contributed by atoms with Crippen LogP contribution in [-0.4, -0.2) is 56.3 Å². The lowest BCUT2D eigenvalue weighted by Crippen LogP contribution is -2.21. The summed E-state index contributed by atoms with van der Waals surface area (Å²) in [6, 6.07) is 9.89. The first-order valence-electron chi connectivity index (χ1n) is 12.3. The number of carbonyl (C=O) groups is 3. The molecule has 7 heteroatoms. The van der Waals surface area contributed by atoms with Crippen LogP contribution in [0.1, 0.15) is 69.9 Å². The minimum absolute atomic E-state index is 0.0378. The number of aryl methyl sites for hydroxylation is 1. The molecule has 1 aliphatic carbocycles. The van der Waals surface area contributed by atoms with E-state index in [1.165, 1.54) is 13.1 Å². The number of benzene rings is 1. The van der Waals surface area contributed by atoms with Crippen molar-refractivity contribution in [3.05, 3.63) is 64.0 Å². The van der Waals surface area contributed by atoms with E-state index in [1.54, 1.807) is 6.07 Å². The van der Waals surface area contributed by atoms with Gasteiger partial charge in [0.1, 0.15) is 17.8 Å². The zero-order chi connectivity index (χ0) is 25.7. The number of aromatic nitrogens is 1. The first-order valence-corrected chi connectivity index (χ1v) is 12.3. The molecule has 2 aliphatic rings. The largest absolute Gasteiger partial charge is 0.381 e. The van der Waals surface area contributed by atoms with E-state index in [0.717, 1.165) is 47.8 Å². The Bertz CT molecular complexity index is 1070. The lowest BCUT2D eigenvalue weighted by atomic mass is 9.86. The molecule has 0 bridgehead atoms. The summed E-state index contributed by atoms with van der Waals surface area (Å²) in [6.45, 7) is 9.75. The molecule has 2 aromatic rings. The maximum absolute atomic E-state index is 12.3. The third kappa shape index (κ3) is 6.21. The van der Waals surface area contributed by atoms with E-state index in [4.69, 9.17) is 4.74 Å². The number of aldehydes is 1. The number of ether oxygens (including phenoxy) is 1. The number of nitrogens with zero attached hydrogens (tertiary/aromatic N) is 1. The van der Waals surface area contributed by atoms with Gasteiger partial charge in [-0.1, -0.05) is 39.0 Å². The zero-order valence-corrected chi connectivity index (χ0v) is 21.6. The van der Waals surface area contributed by atoms with Crippen molar-refractivity contribution >= 4 is 18.0 Å². The molecule has 2 fully saturated rings. The van der Waals surface area contributed by atoms with Crippen LogP contribution in [0.3, 0.4) is 0 Å².